The van der Waals surface area contributed by atoms with Gasteiger partial charge in [-0.3, -0.25) is 4.79 Å². The Hall–Kier alpha value is -2.29. The molecule has 0 spiro atoms. The molecule has 2 rings (SSSR count). The summed E-state index contributed by atoms with van der Waals surface area (Å²) in [4.78, 5) is 12.0. The first-order valence-corrected chi connectivity index (χ1v) is 8.01. The molecule has 0 radical (unpaired) electrons. The molecule has 1 N–H and O–H groups in total. The minimum atomic E-state index is -0.111. The summed E-state index contributed by atoms with van der Waals surface area (Å²) in [6, 6.07) is 14.3. The largest absolute Gasteiger partial charge is 0.483 e. The molecule has 0 unspecified atom stereocenters. The maximum Gasteiger partial charge on any atom is 0.258 e. The van der Waals surface area contributed by atoms with Crippen LogP contribution in [0.2, 0.25) is 0 Å². The Labute approximate surface area is 138 Å². The van der Waals surface area contributed by atoms with E-state index in [1.165, 1.54) is 11.1 Å². The summed E-state index contributed by atoms with van der Waals surface area (Å²) in [5.41, 5.74) is 4.55. The number of carbonyl (C=O) groups excluding carboxylic acids is 1. The van der Waals surface area contributed by atoms with Gasteiger partial charge in [-0.15, -0.1) is 0 Å². The number of ether oxygens (including phenoxy) is 1. The van der Waals surface area contributed by atoms with Gasteiger partial charge in [-0.1, -0.05) is 55.8 Å². The highest BCUT2D eigenvalue weighted by molar-refractivity contribution is 5.77. The average Bonchev–Trinajstić information content (AvgIpc) is 2.53. The minimum Gasteiger partial charge on any atom is -0.483 e. The topological polar surface area (TPSA) is 38.3 Å². The molecule has 3 nitrogen and oxygen atoms in total. The Morgan fingerprint density at radius 3 is 2.43 bits per heavy atom. The van der Waals surface area contributed by atoms with E-state index in [0.717, 1.165) is 16.9 Å². The van der Waals surface area contributed by atoms with Gasteiger partial charge in [0.05, 0.1) is 0 Å². The van der Waals surface area contributed by atoms with Gasteiger partial charge in [0.15, 0.2) is 6.61 Å². The summed E-state index contributed by atoms with van der Waals surface area (Å²) in [6.07, 6.45) is 0. The second kappa shape index (κ2) is 7.82. The van der Waals surface area contributed by atoms with Crippen molar-refractivity contribution in [1.29, 1.82) is 0 Å². The van der Waals surface area contributed by atoms with Crippen LogP contribution < -0.4 is 10.1 Å². The lowest BCUT2D eigenvalue weighted by Gasteiger charge is -2.13. The number of rotatable bonds is 6. The van der Waals surface area contributed by atoms with E-state index in [-0.39, 0.29) is 12.5 Å². The van der Waals surface area contributed by atoms with E-state index in [4.69, 9.17) is 4.74 Å². The van der Waals surface area contributed by atoms with Crippen molar-refractivity contribution >= 4 is 5.91 Å². The van der Waals surface area contributed by atoms with Gasteiger partial charge in [-0.2, -0.15) is 0 Å². The smallest absolute Gasteiger partial charge is 0.258 e. The predicted molar refractivity (Wildman–Crippen MR) is 93.8 cm³/mol. The van der Waals surface area contributed by atoms with E-state index in [1.807, 2.05) is 50.2 Å². The van der Waals surface area contributed by atoms with Crippen molar-refractivity contribution in [2.45, 2.75) is 40.2 Å². The van der Waals surface area contributed by atoms with E-state index < -0.39 is 0 Å². The maximum absolute atomic E-state index is 12.0. The van der Waals surface area contributed by atoms with Gasteiger partial charge in [-0.05, 0) is 42.5 Å². The van der Waals surface area contributed by atoms with Crippen molar-refractivity contribution in [3.63, 3.8) is 0 Å². The fourth-order valence-electron chi connectivity index (χ4n) is 2.23. The molecule has 2 aromatic rings. The molecule has 2 aromatic carbocycles. The number of benzene rings is 2. The van der Waals surface area contributed by atoms with Gasteiger partial charge in [0.1, 0.15) is 5.75 Å². The van der Waals surface area contributed by atoms with Crippen LogP contribution in [-0.4, -0.2) is 12.5 Å². The van der Waals surface area contributed by atoms with E-state index in [1.54, 1.807) is 0 Å². The first-order valence-electron chi connectivity index (χ1n) is 8.01. The second-order valence-corrected chi connectivity index (χ2v) is 6.23. The Bertz CT molecular complexity index is 660. The van der Waals surface area contributed by atoms with Crippen molar-refractivity contribution in [2.75, 3.05) is 6.61 Å². The predicted octanol–water partition coefficient (Wildman–Crippen LogP) is 4.12. The van der Waals surface area contributed by atoms with E-state index in [2.05, 4.69) is 25.2 Å². The zero-order valence-electron chi connectivity index (χ0n) is 14.3. The molecule has 3 heteroatoms. The molecule has 0 aromatic heterocycles. The SMILES string of the molecule is Cc1ccc(CNC(=O)COc2cc(C(C)C)ccc2C)cc1. The van der Waals surface area contributed by atoms with E-state index in [0.29, 0.717) is 12.5 Å². The van der Waals surface area contributed by atoms with Crippen LogP contribution >= 0.6 is 0 Å². The summed E-state index contributed by atoms with van der Waals surface area (Å²) in [7, 11) is 0. The lowest BCUT2D eigenvalue weighted by molar-refractivity contribution is -0.123. The summed E-state index contributed by atoms with van der Waals surface area (Å²) in [6.45, 7) is 8.88. The molecule has 23 heavy (non-hydrogen) atoms. The van der Waals surface area contributed by atoms with Crippen LogP contribution in [-0.2, 0) is 11.3 Å². The molecule has 0 bridgehead atoms. The van der Waals surface area contributed by atoms with Crippen LogP contribution in [0.3, 0.4) is 0 Å². The zero-order valence-corrected chi connectivity index (χ0v) is 14.3. The molecule has 0 atom stereocenters. The molecule has 0 saturated carbocycles. The number of aryl methyl sites for hydroxylation is 2. The summed E-state index contributed by atoms with van der Waals surface area (Å²) < 4.78 is 5.68. The van der Waals surface area contributed by atoms with Crippen LogP contribution in [0.4, 0.5) is 0 Å². The van der Waals surface area contributed by atoms with Crippen molar-refractivity contribution in [1.82, 2.24) is 5.32 Å². The van der Waals surface area contributed by atoms with Crippen LogP contribution in [0.5, 0.6) is 5.75 Å². The van der Waals surface area contributed by atoms with Gasteiger partial charge in [0.25, 0.3) is 5.91 Å². The third-order valence-corrected chi connectivity index (χ3v) is 3.85. The van der Waals surface area contributed by atoms with Gasteiger partial charge in [0, 0.05) is 6.54 Å². The normalized spacial score (nSPS) is 10.7. The number of nitrogens with one attached hydrogen (secondary N) is 1. The molecule has 0 aliphatic rings. The van der Waals surface area contributed by atoms with E-state index in [9.17, 15) is 4.79 Å². The lowest BCUT2D eigenvalue weighted by Crippen LogP contribution is -2.28. The molecular formula is C20H25NO2. The Kier molecular flexibility index (Phi) is 5.80. The van der Waals surface area contributed by atoms with Crippen molar-refractivity contribution in [2.24, 2.45) is 0 Å². The fourth-order valence-corrected chi connectivity index (χ4v) is 2.23. The molecular weight excluding hydrogens is 286 g/mol. The number of carbonyl (C=O) groups is 1. The molecule has 0 saturated heterocycles. The van der Waals surface area contributed by atoms with Gasteiger partial charge in [-0.25, -0.2) is 0 Å². The summed E-state index contributed by atoms with van der Waals surface area (Å²) in [5, 5.41) is 2.88. The Morgan fingerprint density at radius 1 is 1.09 bits per heavy atom. The van der Waals surface area contributed by atoms with Crippen molar-refractivity contribution in [3.05, 3.63) is 64.7 Å². The second-order valence-electron chi connectivity index (χ2n) is 6.23. The van der Waals surface area contributed by atoms with Crippen molar-refractivity contribution in [3.8, 4) is 5.75 Å². The number of hydrogen-bond acceptors (Lipinski definition) is 2. The highest BCUT2D eigenvalue weighted by Crippen LogP contribution is 2.24. The van der Waals surface area contributed by atoms with Crippen LogP contribution in [0.1, 0.15) is 42.0 Å². The number of amides is 1. The van der Waals surface area contributed by atoms with Gasteiger partial charge in [0.2, 0.25) is 0 Å². The zero-order chi connectivity index (χ0) is 16.8. The fraction of sp³-hybridized carbons (Fsp3) is 0.350. The van der Waals surface area contributed by atoms with Gasteiger partial charge >= 0.3 is 0 Å². The lowest BCUT2D eigenvalue weighted by atomic mass is 10.0. The maximum atomic E-state index is 12.0. The quantitative estimate of drug-likeness (QED) is 0.871. The Morgan fingerprint density at radius 2 is 1.78 bits per heavy atom. The molecule has 122 valence electrons. The average molecular weight is 311 g/mol. The molecule has 0 aliphatic carbocycles. The minimum absolute atomic E-state index is 0.0360. The third-order valence-electron chi connectivity index (χ3n) is 3.85. The standard InChI is InChI=1S/C20H25NO2/c1-14(2)18-10-7-16(4)19(11-18)23-13-20(22)21-12-17-8-5-15(3)6-9-17/h5-11,14H,12-13H2,1-4H3,(H,21,22). The van der Waals surface area contributed by atoms with Crippen molar-refractivity contribution < 1.29 is 9.53 Å². The highest BCUT2D eigenvalue weighted by atomic mass is 16.5. The summed E-state index contributed by atoms with van der Waals surface area (Å²) >= 11 is 0. The van der Waals surface area contributed by atoms with Crippen LogP contribution in [0, 0.1) is 13.8 Å². The summed E-state index contributed by atoms with van der Waals surface area (Å²) in [5.74, 6) is 1.11. The Balaban J connectivity index is 1.86. The first-order chi connectivity index (χ1) is 11.0. The third kappa shape index (κ3) is 5.13. The number of hydrogen-bond donors (Lipinski definition) is 1. The molecule has 1 amide bonds. The van der Waals surface area contributed by atoms with Crippen LogP contribution in [0.25, 0.3) is 0 Å². The molecule has 0 heterocycles. The van der Waals surface area contributed by atoms with Gasteiger partial charge < -0.3 is 10.1 Å². The van der Waals surface area contributed by atoms with Crippen LogP contribution in [0.15, 0.2) is 42.5 Å². The molecule has 0 fully saturated rings. The highest BCUT2D eigenvalue weighted by Gasteiger charge is 2.07. The van der Waals surface area contributed by atoms with E-state index >= 15 is 0 Å². The molecule has 0 aliphatic heterocycles. The first kappa shape index (κ1) is 17.1. The monoisotopic (exact) mass is 311 g/mol.